The van der Waals surface area contributed by atoms with Crippen molar-refractivity contribution in [2.45, 2.75) is 0 Å². The SMILES string of the molecule is c1ccc(-c2nc(-c3ccccc3)nc(-c3cc(-c4cccnc4)cc(-c4c5ccc6ccccc6c5cc5ccc6ccccc6c45)c3)n2)cc1. The van der Waals surface area contributed by atoms with Crippen LogP contribution in [-0.4, -0.2) is 19.9 Å². The molecule has 0 N–H and O–H groups in total. The number of nitrogens with zero attached hydrogens (tertiary/aromatic N) is 4. The van der Waals surface area contributed by atoms with Crippen molar-refractivity contribution in [1.29, 1.82) is 0 Å². The lowest BCUT2D eigenvalue weighted by molar-refractivity contribution is 1.07. The van der Waals surface area contributed by atoms with E-state index in [0.717, 1.165) is 33.4 Å². The Balaban J connectivity index is 1.32. The molecule has 0 saturated carbocycles. The first-order chi connectivity index (χ1) is 25.8. The van der Waals surface area contributed by atoms with E-state index in [1.807, 2.05) is 79.1 Å². The van der Waals surface area contributed by atoms with Gasteiger partial charge >= 0.3 is 0 Å². The molecule has 0 fully saturated rings. The maximum Gasteiger partial charge on any atom is 0.164 e. The summed E-state index contributed by atoms with van der Waals surface area (Å²) in [7, 11) is 0. The lowest BCUT2D eigenvalue weighted by atomic mass is 9.86. The monoisotopic (exact) mass is 662 g/mol. The highest BCUT2D eigenvalue weighted by Crippen LogP contribution is 2.44. The Kier molecular flexibility index (Phi) is 7.10. The van der Waals surface area contributed by atoms with Gasteiger partial charge < -0.3 is 0 Å². The third-order valence-corrected chi connectivity index (χ3v) is 9.93. The van der Waals surface area contributed by atoms with Crippen LogP contribution in [0.3, 0.4) is 0 Å². The Hall–Kier alpha value is -7.04. The summed E-state index contributed by atoms with van der Waals surface area (Å²) >= 11 is 0. The second kappa shape index (κ2) is 12.4. The molecular formula is C48H30N4. The Morgan fingerprint density at radius 1 is 0.308 bits per heavy atom. The quantitative estimate of drug-likeness (QED) is 0.136. The molecule has 0 amide bonds. The summed E-state index contributed by atoms with van der Waals surface area (Å²) in [6.45, 7) is 0. The summed E-state index contributed by atoms with van der Waals surface area (Å²) in [6, 6.07) is 59.8. The fourth-order valence-electron chi connectivity index (χ4n) is 7.49. The van der Waals surface area contributed by atoms with E-state index in [1.54, 1.807) is 0 Å². The van der Waals surface area contributed by atoms with Gasteiger partial charge in [0.15, 0.2) is 17.5 Å². The molecule has 2 heterocycles. The van der Waals surface area contributed by atoms with E-state index in [9.17, 15) is 0 Å². The minimum absolute atomic E-state index is 0.611. The van der Waals surface area contributed by atoms with Crippen molar-refractivity contribution in [3.8, 4) is 56.4 Å². The van der Waals surface area contributed by atoms with E-state index < -0.39 is 0 Å². The van der Waals surface area contributed by atoms with E-state index in [-0.39, 0.29) is 0 Å². The molecule has 0 spiro atoms. The second-order valence-corrected chi connectivity index (χ2v) is 13.1. The average Bonchev–Trinajstić information content (AvgIpc) is 3.23. The highest BCUT2D eigenvalue weighted by atomic mass is 15.0. The highest BCUT2D eigenvalue weighted by Gasteiger charge is 2.19. The zero-order valence-electron chi connectivity index (χ0n) is 28.1. The molecule has 8 aromatic carbocycles. The van der Waals surface area contributed by atoms with Crippen molar-refractivity contribution >= 4 is 43.1 Å². The molecule has 0 aliphatic rings. The molecule has 0 radical (unpaired) electrons. The van der Waals surface area contributed by atoms with Crippen LogP contribution >= 0.6 is 0 Å². The van der Waals surface area contributed by atoms with Gasteiger partial charge in [-0.2, -0.15) is 0 Å². The van der Waals surface area contributed by atoms with Gasteiger partial charge in [0.05, 0.1) is 0 Å². The summed E-state index contributed by atoms with van der Waals surface area (Å²) in [5.41, 5.74) is 7.10. The summed E-state index contributed by atoms with van der Waals surface area (Å²) in [4.78, 5) is 19.8. The van der Waals surface area contributed by atoms with E-state index in [0.29, 0.717) is 17.5 Å². The number of pyridine rings is 1. The summed E-state index contributed by atoms with van der Waals surface area (Å²) in [5.74, 6) is 1.87. The summed E-state index contributed by atoms with van der Waals surface area (Å²) in [6.07, 6.45) is 3.74. The van der Waals surface area contributed by atoms with Crippen molar-refractivity contribution in [3.63, 3.8) is 0 Å². The third kappa shape index (κ3) is 5.17. The van der Waals surface area contributed by atoms with Crippen LogP contribution < -0.4 is 0 Å². The van der Waals surface area contributed by atoms with Gasteiger partial charge in [-0.15, -0.1) is 0 Å². The first-order valence-electron chi connectivity index (χ1n) is 17.5. The van der Waals surface area contributed by atoms with E-state index >= 15 is 0 Å². The average molecular weight is 663 g/mol. The standard InChI is InChI=1S/C48H30N4/c1-3-14-33(15-4-1)46-50-47(34-16-5-2-6-17-34)52-48(51-46)39-27-37(36-18-11-25-49-30-36)26-38(28-39)45-42-24-23-31-12-7-9-19-40(31)43(42)29-35-22-21-32-13-8-10-20-41(32)44(35)45/h1-30H. The van der Waals surface area contributed by atoms with Crippen LogP contribution in [-0.2, 0) is 0 Å². The van der Waals surface area contributed by atoms with Crippen LogP contribution in [0.2, 0.25) is 0 Å². The van der Waals surface area contributed by atoms with Gasteiger partial charge in [-0.25, -0.2) is 15.0 Å². The van der Waals surface area contributed by atoms with Gasteiger partial charge in [-0.05, 0) is 90.1 Å². The van der Waals surface area contributed by atoms with Gasteiger partial charge in [0.25, 0.3) is 0 Å². The fraction of sp³-hybridized carbons (Fsp3) is 0. The highest BCUT2D eigenvalue weighted by molar-refractivity contribution is 6.25. The molecule has 2 aromatic heterocycles. The topological polar surface area (TPSA) is 51.6 Å². The van der Waals surface area contributed by atoms with Crippen LogP contribution in [0.4, 0.5) is 0 Å². The third-order valence-electron chi connectivity index (χ3n) is 9.93. The number of aromatic nitrogens is 4. The smallest absolute Gasteiger partial charge is 0.164 e. The molecule has 0 bridgehead atoms. The van der Waals surface area contributed by atoms with E-state index in [2.05, 4.69) is 108 Å². The first kappa shape index (κ1) is 29.8. The Labute approximate surface area is 300 Å². The van der Waals surface area contributed by atoms with Crippen molar-refractivity contribution < 1.29 is 0 Å². The maximum atomic E-state index is 5.15. The van der Waals surface area contributed by atoms with Crippen molar-refractivity contribution in [3.05, 3.63) is 182 Å². The fourth-order valence-corrected chi connectivity index (χ4v) is 7.49. The number of hydrogen-bond acceptors (Lipinski definition) is 4. The normalized spacial score (nSPS) is 11.5. The van der Waals surface area contributed by atoms with Crippen molar-refractivity contribution in [2.24, 2.45) is 0 Å². The number of rotatable bonds is 5. The first-order valence-corrected chi connectivity index (χ1v) is 17.5. The molecule has 0 aliphatic carbocycles. The zero-order valence-corrected chi connectivity index (χ0v) is 28.1. The van der Waals surface area contributed by atoms with Crippen LogP contribution in [0.5, 0.6) is 0 Å². The van der Waals surface area contributed by atoms with Gasteiger partial charge in [0, 0.05) is 34.6 Å². The van der Waals surface area contributed by atoms with Crippen molar-refractivity contribution in [2.75, 3.05) is 0 Å². The molecular weight excluding hydrogens is 633 g/mol. The van der Waals surface area contributed by atoms with Crippen LogP contribution in [0.1, 0.15) is 0 Å². The molecule has 10 aromatic rings. The molecule has 4 heteroatoms. The molecule has 10 rings (SSSR count). The lowest BCUT2D eigenvalue weighted by Gasteiger charge is -2.18. The van der Waals surface area contributed by atoms with Gasteiger partial charge in [0.2, 0.25) is 0 Å². The Bertz CT molecular complexity index is 2880. The summed E-state index contributed by atoms with van der Waals surface area (Å²) < 4.78 is 0. The number of fused-ring (bicyclic) bond motifs is 6. The van der Waals surface area contributed by atoms with Crippen LogP contribution in [0.25, 0.3) is 99.5 Å². The largest absolute Gasteiger partial charge is 0.264 e. The van der Waals surface area contributed by atoms with Crippen molar-refractivity contribution in [1.82, 2.24) is 19.9 Å². The molecule has 0 aliphatic heterocycles. The summed E-state index contributed by atoms with van der Waals surface area (Å²) in [5, 5.41) is 9.72. The van der Waals surface area contributed by atoms with Gasteiger partial charge in [0.1, 0.15) is 0 Å². The van der Waals surface area contributed by atoms with E-state index in [1.165, 1.54) is 48.7 Å². The van der Waals surface area contributed by atoms with Gasteiger partial charge in [-0.3, -0.25) is 4.98 Å². The number of hydrogen-bond donors (Lipinski definition) is 0. The second-order valence-electron chi connectivity index (χ2n) is 13.1. The minimum Gasteiger partial charge on any atom is -0.264 e. The van der Waals surface area contributed by atoms with E-state index in [4.69, 9.17) is 15.0 Å². The predicted octanol–water partition coefficient (Wildman–Crippen LogP) is 12.2. The van der Waals surface area contributed by atoms with Gasteiger partial charge in [-0.1, -0.05) is 140 Å². The lowest BCUT2D eigenvalue weighted by Crippen LogP contribution is -2.00. The molecule has 242 valence electrons. The van der Waals surface area contributed by atoms with Crippen LogP contribution in [0.15, 0.2) is 182 Å². The number of benzene rings is 8. The van der Waals surface area contributed by atoms with Crippen LogP contribution in [0, 0.1) is 0 Å². The molecule has 0 unspecified atom stereocenters. The Morgan fingerprint density at radius 3 is 1.54 bits per heavy atom. The zero-order chi connectivity index (χ0) is 34.4. The molecule has 0 atom stereocenters. The maximum absolute atomic E-state index is 5.15. The molecule has 0 saturated heterocycles. The molecule has 4 nitrogen and oxygen atoms in total. The molecule has 52 heavy (non-hydrogen) atoms. The Morgan fingerprint density at radius 2 is 0.846 bits per heavy atom. The predicted molar refractivity (Wildman–Crippen MR) is 215 cm³/mol. The minimum atomic E-state index is 0.611.